The first-order chi connectivity index (χ1) is 10.7. The molecule has 0 spiro atoms. The summed E-state index contributed by atoms with van der Waals surface area (Å²) in [6.45, 7) is 12.5. The first kappa shape index (κ1) is 15.9. The van der Waals surface area contributed by atoms with E-state index in [1.54, 1.807) is 0 Å². The molecule has 0 amide bonds. The molecule has 0 N–H and O–H groups in total. The van der Waals surface area contributed by atoms with Crippen LogP contribution in [0.1, 0.15) is 64.4 Å². The average molecular weight is 306 g/mol. The highest BCUT2D eigenvalue weighted by Crippen LogP contribution is 2.34. The first-order valence-electron chi connectivity index (χ1n) is 8.95. The third-order valence-electron chi connectivity index (χ3n) is 5.33. The van der Waals surface area contributed by atoms with Crippen molar-refractivity contribution >= 4 is 0 Å². The van der Waals surface area contributed by atoms with Crippen molar-refractivity contribution in [1.29, 1.82) is 0 Å². The van der Waals surface area contributed by atoms with E-state index >= 15 is 0 Å². The highest BCUT2D eigenvalue weighted by molar-refractivity contribution is 4.99. The predicted molar refractivity (Wildman–Crippen MR) is 86.6 cm³/mol. The molecule has 1 saturated carbocycles. The molecule has 1 aromatic rings. The Morgan fingerprint density at radius 1 is 1.09 bits per heavy atom. The average Bonchev–Trinajstić information content (AvgIpc) is 3.18. The quantitative estimate of drug-likeness (QED) is 0.834. The summed E-state index contributed by atoms with van der Waals surface area (Å²) >= 11 is 0. The number of rotatable bonds is 5. The van der Waals surface area contributed by atoms with Crippen LogP contribution in [0, 0.1) is 5.92 Å². The molecule has 2 fully saturated rings. The fraction of sp³-hybridized carbons (Fsp3) is 0.938. The van der Waals surface area contributed by atoms with Gasteiger partial charge in [0.1, 0.15) is 0 Å². The zero-order chi connectivity index (χ0) is 15.5. The van der Waals surface area contributed by atoms with Crippen LogP contribution in [0.4, 0.5) is 0 Å². The summed E-state index contributed by atoms with van der Waals surface area (Å²) in [7, 11) is 0. The van der Waals surface area contributed by atoms with Gasteiger partial charge in [0.15, 0.2) is 5.82 Å². The van der Waals surface area contributed by atoms with Crippen LogP contribution in [0.15, 0.2) is 0 Å². The summed E-state index contributed by atoms with van der Waals surface area (Å²) in [5.74, 6) is 1.62. The normalized spacial score (nSPS) is 23.5. The molecular weight excluding hydrogens is 276 g/mol. The minimum Gasteiger partial charge on any atom is -0.301 e. The molecule has 1 atom stereocenters. The Kier molecular flexibility index (Phi) is 5.08. The molecule has 1 saturated heterocycles. The monoisotopic (exact) mass is 306 g/mol. The van der Waals surface area contributed by atoms with Gasteiger partial charge in [-0.15, -0.1) is 5.10 Å². The lowest BCUT2D eigenvalue weighted by atomic mass is 10.00. The molecule has 0 unspecified atom stereocenters. The number of hydrogen-bond acceptors (Lipinski definition) is 5. The summed E-state index contributed by atoms with van der Waals surface area (Å²) in [6.07, 6.45) is 5.08. The van der Waals surface area contributed by atoms with E-state index in [1.807, 2.05) is 0 Å². The van der Waals surface area contributed by atoms with Crippen LogP contribution < -0.4 is 0 Å². The number of nitrogens with zero attached hydrogens (tertiary/aromatic N) is 6. The Bertz CT molecular complexity index is 457. The van der Waals surface area contributed by atoms with E-state index in [-0.39, 0.29) is 0 Å². The smallest absolute Gasteiger partial charge is 0.168 e. The lowest BCUT2D eigenvalue weighted by Gasteiger charge is -2.40. The molecule has 2 aliphatic rings. The Balaban J connectivity index is 1.78. The fourth-order valence-electron chi connectivity index (χ4n) is 4.04. The van der Waals surface area contributed by atoms with Gasteiger partial charge < -0.3 is 4.90 Å². The maximum atomic E-state index is 4.44. The topological polar surface area (TPSA) is 50.1 Å². The SMILES string of the molecule is CCN1CCN([C@@H](c2nnnn2C2CCCC2)C(C)C)CC1. The molecule has 2 heterocycles. The second-order valence-corrected chi connectivity index (χ2v) is 7.08. The van der Waals surface area contributed by atoms with Gasteiger partial charge in [0, 0.05) is 26.2 Å². The molecule has 1 aliphatic heterocycles. The minimum atomic E-state index is 0.342. The Labute approximate surface area is 133 Å². The Morgan fingerprint density at radius 3 is 2.36 bits per heavy atom. The number of tetrazole rings is 1. The molecule has 0 aromatic carbocycles. The maximum Gasteiger partial charge on any atom is 0.168 e. The van der Waals surface area contributed by atoms with Crippen molar-refractivity contribution in [1.82, 2.24) is 30.0 Å². The highest BCUT2D eigenvalue weighted by Gasteiger charge is 2.33. The van der Waals surface area contributed by atoms with E-state index in [2.05, 4.69) is 50.8 Å². The van der Waals surface area contributed by atoms with Crippen molar-refractivity contribution in [3.8, 4) is 0 Å². The van der Waals surface area contributed by atoms with E-state index in [9.17, 15) is 0 Å². The van der Waals surface area contributed by atoms with Crippen molar-refractivity contribution in [2.45, 2.75) is 58.5 Å². The van der Waals surface area contributed by atoms with E-state index in [1.165, 1.54) is 25.7 Å². The van der Waals surface area contributed by atoms with Crippen LogP contribution in [0.25, 0.3) is 0 Å². The van der Waals surface area contributed by atoms with Gasteiger partial charge in [-0.2, -0.15) is 0 Å². The Hall–Kier alpha value is -1.01. The fourth-order valence-corrected chi connectivity index (χ4v) is 4.04. The molecular formula is C16H30N6. The second kappa shape index (κ2) is 7.04. The van der Waals surface area contributed by atoms with Gasteiger partial charge in [0.05, 0.1) is 12.1 Å². The van der Waals surface area contributed by atoms with Crippen LogP contribution in [0.2, 0.25) is 0 Å². The number of hydrogen-bond donors (Lipinski definition) is 0. The van der Waals surface area contributed by atoms with E-state index in [0.29, 0.717) is 18.0 Å². The Morgan fingerprint density at radius 2 is 1.77 bits per heavy atom. The largest absolute Gasteiger partial charge is 0.301 e. The molecule has 6 heteroatoms. The van der Waals surface area contributed by atoms with Crippen molar-refractivity contribution in [2.24, 2.45) is 5.92 Å². The lowest BCUT2D eigenvalue weighted by molar-refractivity contribution is 0.0710. The van der Waals surface area contributed by atoms with Crippen LogP contribution in [0.5, 0.6) is 0 Å². The van der Waals surface area contributed by atoms with Gasteiger partial charge in [0.25, 0.3) is 0 Å². The standard InChI is InChI=1S/C16H30N6/c1-4-20-9-11-21(12-10-20)15(13(2)3)16-17-18-19-22(16)14-7-5-6-8-14/h13-15H,4-12H2,1-3H3/t15-/m1/s1. The van der Waals surface area contributed by atoms with Crippen molar-refractivity contribution in [2.75, 3.05) is 32.7 Å². The lowest BCUT2D eigenvalue weighted by Crippen LogP contribution is -2.49. The third-order valence-corrected chi connectivity index (χ3v) is 5.33. The predicted octanol–water partition coefficient (Wildman–Crippen LogP) is 2.12. The molecule has 6 nitrogen and oxygen atoms in total. The summed E-state index contributed by atoms with van der Waals surface area (Å²) in [4.78, 5) is 5.11. The van der Waals surface area contributed by atoms with E-state index < -0.39 is 0 Å². The van der Waals surface area contributed by atoms with Gasteiger partial charge in [-0.1, -0.05) is 33.6 Å². The van der Waals surface area contributed by atoms with Crippen molar-refractivity contribution in [3.05, 3.63) is 5.82 Å². The minimum absolute atomic E-state index is 0.342. The van der Waals surface area contributed by atoms with E-state index in [4.69, 9.17) is 0 Å². The summed E-state index contributed by atoms with van der Waals surface area (Å²) in [5.41, 5.74) is 0. The van der Waals surface area contributed by atoms with Crippen LogP contribution in [-0.2, 0) is 0 Å². The summed E-state index contributed by atoms with van der Waals surface area (Å²) < 4.78 is 2.14. The van der Waals surface area contributed by atoms with E-state index in [0.717, 1.165) is 38.5 Å². The number of piperazine rings is 1. The van der Waals surface area contributed by atoms with Crippen LogP contribution in [-0.4, -0.2) is 62.7 Å². The molecule has 1 aromatic heterocycles. The summed E-state index contributed by atoms with van der Waals surface area (Å²) in [5, 5.41) is 12.8. The zero-order valence-corrected chi connectivity index (χ0v) is 14.3. The maximum absolute atomic E-state index is 4.44. The van der Waals surface area contributed by atoms with Gasteiger partial charge in [-0.3, -0.25) is 4.90 Å². The van der Waals surface area contributed by atoms with Crippen molar-refractivity contribution in [3.63, 3.8) is 0 Å². The molecule has 0 radical (unpaired) electrons. The van der Waals surface area contributed by atoms with Gasteiger partial charge in [0.2, 0.25) is 0 Å². The zero-order valence-electron chi connectivity index (χ0n) is 14.3. The second-order valence-electron chi connectivity index (χ2n) is 7.08. The van der Waals surface area contributed by atoms with Gasteiger partial charge >= 0.3 is 0 Å². The van der Waals surface area contributed by atoms with Crippen molar-refractivity contribution < 1.29 is 0 Å². The number of aromatic nitrogens is 4. The molecule has 0 bridgehead atoms. The third kappa shape index (κ3) is 3.18. The highest BCUT2D eigenvalue weighted by atomic mass is 15.6. The molecule has 22 heavy (non-hydrogen) atoms. The van der Waals surface area contributed by atoms with Crippen LogP contribution >= 0.6 is 0 Å². The molecule has 124 valence electrons. The first-order valence-corrected chi connectivity index (χ1v) is 8.95. The molecule has 1 aliphatic carbocycles. The number of likely N-dealkylation sites (N-methyl/N-ethyl adjacent to an activating group) is 1. The van der Waals surface area contributed by atoms with Crippen LogP contribution in [0.3, 0.4) is 0 Å². The molecule has 3 rings (SSSR count). The van der Waals surface area contributed by atoms with Gasteiger partial charge in [-0.05, 0) is 35.7 Å². The van der Waals surface area contributed by atoms with Gasteiger partial charge in [-0.25, -0.2) is 4.68 Å². The summed E-state index contributed by atoms with van der Waals surface area (Å²) in [6, 6.07) is 0.859.